The van der Waals surface area contributed by atoms with E-state index in [-0.39, 0.29) is 17.1 Å². The Morgan fingerprint density at radius 1 is 1.16 bits per heavy atom. The molecular weight excluding hydrogens is 424 g/mol. The van der Waals surface area contributed by atoms with Crippen LogP contribution in [-0.2, 0) is 0 Å². The fourth-order valence-electron chi connectivity index (χ4n) is 3.95. The number of hydrogen-bond acceptors (Lipinski definition) is 6. The molecule has 32 heavy (non-hydrogen) atoms. The first-order valence-electron chi connectivity index (χ1n) is 10.6. The van der Waals surface area contributed by atoms with Gasteiger partial charge >= 0.3 is 0 Å². The first-order valence-corrected chi connectivity index (χ1v) is 11.4. The van der Waals surface area contributed by atoms with E-state index in [0.717, 1.165) is 12.0 Å². The third-order valence-electron chi connectivity index (χ3n) is 5.54. The second kappa shape index (κ2) is 8.24. The number of amides is 1. The molecule has 0 radical (unpaired) electrons. The van der Waals surface area contributed by atoms with Gasteiger partial charge in [0.25, 0.3) is 5.91 Å². The molecule has 1 aliphatic rings. The molecule has 2 aromatic carbocycles. The van der Waals surface area contributed by atoms with Gasteiger partial charge in [0.05, 0.1) is 23.6 Å². The largest absolute Gasteiger partial charge is 0.494 e. The molecule has 7 heteroatoms. The van der Waals surface area contributed by atoms with Crippen LogP contribution in [0.2, 0.25) is 0 Å². The van der Waals surface area contributed by atoms with Crippen molar-refractivity contribution in [1.29, 1.82) is 0 Å². The number of thiazole rings is 1. The number of benzene rings is 2. The molecule has 0 fully saturated rings. The Labute approximate surface area is 189 Å². The number of carbonyl (C=O) groups is 1. The molecule has 2 aromatic heterocycles. The van der Waals surface area contributed by atoms with Crippen LogP contribution in [0.25, 0.3) is 11.0 Å². The maximum atomic E-state index is 13.5. The molecule has 6 nitrogen and oxygen atoms in total. The van der Waals surface area contributed by atoms with Crippen molar-refractivity contribution in [3.05, 3.63) is 87.2 Å². The van der Waals surface area contributed by atoms with E-state index in [4.69, 9.17) is 9.15 Å². The molecule has 3 heterocycles. The molecule has 1 atom stereocenters. The molecule has 0 spiro atoms. The van der Waals surface area contributed by atoms with E-state index < -0.39 is 6.04 Å². The number of carbonyl (C=O) groups excluding carboxylic acids is 1. The number of aromatic nitrogens is 1. The molecule has 0 N–H and O–H groups in total. The molecule has 5 rings (SSSR count). The second-order valence-corrected chi connectivity index (χ2v) is 9.04. The quantitative estimate of drug-likeness (QED) is 0.395. The number of ether oxygens (including phenoxy) is 1. The Kier molecular flexibility index (Phi) is 5.27. The van der Waals surface area contributed by atoms with Crippen molar-refractivity contribution in [1.82, 2.24) is 4.98 Å². The van der Waals surface area contributed by atoms with E-state index >= 15 is 0 Å². The predicted molar refractivity (Wildman–Crippen MR) is 125 cm³/mol. The minimum atomic E-state index is -0.641. The second-order valence-electron chi connectivity index (χ2n) is 8.17. The van der Waals surface area contributed by atoms with E-state index in [2.05, 4.69) is 18.8 Å². The van der Waals surface area contributed by atoms with Crippen molar-refractivity contribution in [2.75, 3.05) is 11.5 Å². The summed E-state index contributed by atoms with van der Waals surface area (Å²) >= 11 is 1.34. The minimum absolute atomic E-state index is 0.0695. The summed E-state index contributed by atoms with van der Waals surface area (Å²) < 4.78 is 11.9. The summed E-state index contributed by atoms with van der Waals surface area (Å²) in [7, 11) is 0. The van der Waals surface area contributed by atoms with Crippen LogP contribution in [-0.4, -0.2) is 17.5 Å². The zero-order valence-corrected chi connectivity index (χ0v) is 18.6. The van der Waals surface area contributed by atoms with Crippen LogP contribution in [0.1, 0.15) is 48.0 Å². The summed E-state index contributed by atoms with van der Waals surface area (Å²) in [4.78, 5) is 32.8. The summed E-state index contributed by atoms with van der Waals surface area (Å²) in [5.41, 5.74) is 1.31. The lowest BCUT2D eigenvalue weighted by Crippen LogP contribution is -2.29. The highest BCUT2D eigenvalue weighted by atomic mass is 32.1. The van der Waals surface area contributed by atoms with Crippen molar-refractivity contribution in [3.8, 4) is 5.75 Å². The van der Waals surface area contributed by atoms with Gasteiger partial charge in [-0.05, 0) is 42.2 Å². The molecule has 4 aromatic rings. The van der Waals surface area contributed by atoms with Crippen molar-refractivity contribution in [2.24, 2.45) is 5.92 Å². The monoisotopic (exact) mass is 446 g/mol. The number of rotatable bonds is 6. The summed E-state index contributed by atoms with van der Waals surface area (Å²) in [5, 5.41) is 2.77. The van der Waals surface area contributed by atoms with Gasteiger partial charge in [0, 0.05) is 11.6 Å². The Hall–Kier alpha value is -3.45. The zero-order valence-electron chi connectivity index (χ0n) is 17.8. The van der Waals surface area contributed by atoms with Crippen molar-refractivity contribution in [2.45, 2.75) is 26.3 Å². The SMILES string of the molecule is CC(C)CCOc1cccc([C@@H]2c3c(oc4ccccc4c3=O)C(=O)N2c2nccs2)c1. The van der Waals surface area contributed by atoms with E-state index in [9.17, 15) is 9.59 Å². The number of fused-ring (bicyclic) bond motifs is 2. The van der Waals surface area contributed by atoms with E-state index in [1.807, 2.05) is 24.3 Å². The Balaban J connectivity index is 1.66. The van der Waals surface area contributed by atoms with E-state index in [1.54, 1.807) is 40.7 Å². The fourth-order valence-corrected chi connectivity index (χ4v) is 4.62. The molecule has 0 bridgehead atoms. The molecule has 0 saturated heterocycles. The van der Waals surface area contributed by atoms with Gasteiger partial charge in [-0.15, -0.1) is 11.3 Å². The van der Waals surface area contributed by atoms with Crippen LogP contribution in [0.4, 0.5) is 5.13 Å². The molecule has 0 saturated carbocycles. The summed E-state index contributed by atoms with van der Waals surface area (Å²) in [5.74, 6) is 0.943. The number of hydrogen-bond donors (Lipinski definition) is 0. The van der Waals surface area contributed by atoms with Gasteiger partial charge in [-0.25, -0.2) is 4.98 Å². The highest BCUT2D eigenvalue weighted by Gasteiger charge is 2.44. The number of nitrogens with zero attached hydrogens (tertiary/aromatic N) is 2. The van der Waals surface area contributed by atoms with Crippen molar-refractivity contribution in [3.63, 3.8) is 0 Å². The fraction of sp³-hybridized carbons (Fsp3) is 0.240. The van der Waals surface area contributed by atoms with E-state index in [0.29, 0.717) is 39.9 Å². The molecule has 1 amide bonds. The van der Waals surface area contributed by atoms with Gasteiger partial charge in [0.1, 0.15) is 11.3 Å². The minimum Gasteiger partial charge on any atom is -0.494 e. The van der Waals surface area contributed by atoms with Crippen LogP contribution in [0.15, 0.2) is 69.3 Å². The molecule has 1 aliphatic heterocycles. The van der Waals surface area contributed by atoms with Gasteiger partial charge < -0.3 is 9.15 Å². The Morgan fingerprint density at radius 3 is 2.78 bits per heavy atom. The first kappa shape index (κ1) is 20.5. The average Bonchev–Trinajstić information content (AvgIpc) is 3.41. The summed E-state index contributed by atoms with van der Waals surface area (Å²) in [6.07, 6.45) is 2.58. The average molecular weight is 447 g/mol. The normalized spacial score (nSPS) is 15.5. The third kappa shape index (κ3) is 3.48. The first-order chi connectivity index (χ1) is 15.5. The van der Waals surface area contributed by atoms with Crippen LogP contribution >= 0.6 is 11.3 Å². The predicted octanol–water partition coefficient (Wildman–Crippen LogP) is 5.42. The van der Waals surface area contributed by atoms with Gasteiger partial charge in [-0.3, -0.25) is 14.5 Å². The third-order valence-corrected chi connectivity index (χ3v) is 6.31. The zero-order chi connectivity index (χ0) is 22.2. The van der Waals surface area contributed by atoms with Crippen molar-refractivity contribution < 1.29 is 13.9 Å². The molecule has 0 aliphatic carbocycles. The smallest absolute Gasteiger partial charge is 0.297 e. The van der Waals surface area contributed by atoms with Gasteiger partial charge in [0.15, 0.2) is 10.6 Å². The van der Waals surface area contributed by atoms with Gasteiger partial charge in [-0.1, -0.05) is 38.1 Å². The molecule has 162 valence electrons. The van der Waals surface area contributed by atoms with Gasteiger partial charge in [-0.2, -0.15) is 0 Å². The van der Waals surface area contributed by atoms with Crippen LogP contribution < -0.4 is 15.1 Å². The van der Waals surface area contributed by atoms with Gasteiger partial charge in [0.2, 0.25) is 5.76 Å². The lowest BCUT2D eigenvalue weighted by atomic mass is 9.98. The topological polar surface area (TPSA) is 72.6 Å². The number of para-hydroxylation sites is 1. The molecular formula is C25H22N2O4S. The van der Waals surface area contributed by atoms with Crippen molar-refractivity contribution >= 4 is 33.3 Å². The van der Waals surface area contributed by atoms with Crippen LogP contribution in [0.3, 0.4) is 0 Å². The maximum Gasteiger partial charge on any atom is 0.297 e. The van der Waals surface area contributed by atoms with E-state index in [1.165, 1.54) is 11.3 Å². The Morgan fingerprint density at radius 2 is 2.00 bits per heavy atom. The highest BCUT2D eigenvalue weighted by molar-refractivity contribution is 7.13. The standard InChI is InChI=1S/C25H22N2O4S/c1-15(2)10-12-30-17-7-5-6-16(14-17)21-20-22(28)18-8-3-4-9-19(18)31-23(20)24(29)27(21)25-26-11-13-32-25/h3-9,11,13-15,21H,10,12H2,1-2H3/t21-/m1/s1. The van der Waals surface area contributed by atoms with Crippen LogP contribution in [0.5, 0.6) is 5.75 Å². The Bertz CT molecular complexity index is 1340. The maximum absolute atomic E-state index is 13.5. The highest BCUT2D eigenvalue weighted by Crippen LogP contribution is 2.42. The lowest BCUT2D eigenvalue weighted by molar-refractivity contribution is 0.0971. The number of anilines is 1. The van der Waals surface area contributed by atoms with Crippen LogP contribution in [0, 0.1) is 5.92 Å². The summed E-state index contributed by atoms with van der Waals surface area (Å²) in [6, 6.07) is 13.9. The molecule has 0 unspecified atom stereocenters. The lowest BCUT2D eigenvalue weighted by Gasteiger charge is -2.23. The summed E-state index contributed by atoms with van der Waals surface area (Å²) in [6.45, 7) is 4.90.